The SMILES string of the molecule is CCN1C(=O)C(CC(=O)Nc2cc(C)cc(C)c2)SC1=Nc1ccc(C)c(Cl)c1. The molecule has 0 spiro atoms. The molecule has 152 valence electrons. The van der Waals surface area contributed by atoms with Crippen molar-refractivity contribution in [2.45, 2.75) is 39.4 Å². The number of anilines is 1. The summed E-state index contributed by atoms with van der Waals surface area (Å²) in [4.78, 5) is 31.5. The Hall–Kier alpha value is -2.31. The molecule has 1 atom stereocenters. The molecule has 3 rings (SSSR count). The number of amides is 2. The third-order valence-corrected chi connectivity index (χ3v) is 6.18. The first-order chi connectivity index (χ1) is 13.8. The van der Waals surface area contributed by atoms with Crippen molar-refractivity contribution in [3.8, 4) is 0 Å². The van der Waals surface area contributed by atoms with Crippen LogP contribution in [-0.2, 0) is 9.59 Å². The van der Waals surface area contributed by atoms with Gasteiger partial charge in [-0.15, -0.1) is 0 Å². The van der Waals surface area contributed by atoms with Gasteiger partial charge in [0, 0.05) is 23.7 Å². The van der Waals surface area contributed by atoms with Crippen molar-refractivity contribution in [3.05, 3.63) is 58.1 Å². The van der Waals surface area contributed by atoms with Gasteiger partial charge in [-0.3, -0.25) is 14.5 Å². The van der Waals surface area contributed by atoms with Crippen LogP contribution in [0.3, 0.4) is 0 Å². The molecule has 5 nitrogen and oxygen atoms in total. The number of aryl methyl sites for hydroxylation is 3. The summed E-state index contributed by atoms with van der Waals surface area (Å²) >= 11 is 7.51. The third kappa shape index (κ3) is 5.19. The van der Waals surface area contributed by atoms with Crippen LogP contribution in [0, 0.1) is 20.8 Å². The minimum atomic E-state index is -0.486. The predicted octanol–water partition coefficient (Wildman–Crippen LogP) is 5.25. The molecule has 0 saturated carbocycles. The lowest BCUT2D eigenvalue weighted by molar-refractivity contribution is -0.128. The van der Waals surface area contributed by atoms with E-state index < -0.39 is 5.25 Å². The van der Waals surface area contributed by atoms with Crippen LogP contribution in [0.5, 0.6) is 0 Å². The fourth-order valence-corrected chi connectivity index (χ4v) is 4.60. The second-order valence-corrected chi connectivity index (χ2v) is 8.72. The van der Waals surface area contributed by atoms with Gasteiger partial charge >= 0.3 is 0 Å². The summed E-state index contributed by atoms with van der Waals surface area (Å²) in [6.45, 7) is 8.29. The lowest BCUT2D eigenvalue weighted by Gasteiger charge is -2.13. The van der Waals surface area contributed by atoms with E-state index in [2.05, 4.69) is 10.3 Å². The van der Waals surface area contributed by atoms with Gasteiger partial charge in [-0.05, 0) is 68.7 Å². The summed E-state index contributed by atoms with van der Waals surface area (Å²) < 4.78 is 0. The Balaban J connectivity index is 1.73. The summed E-state index contributed by atoms with van der Waals surface area (Å²) in [5.74, 6) is -0.276. The van der Waals surface area contributed by atoms with Crippen molar-refractivity contribution < 1.29 is 9.59 Å². The molecule has 0 radical (unpaired) electrons. The highest BCUT2D eigenvalue weighted by Gasteiger charge is 2.38. The number of amidine groups is 1. The highest BCUT2D eigenvalue weighted by molar-refractivity contribution is 8.15. The summed E-state index contributed by atoms with van der Waals surface area (Å²) in [6, 6.07) is 11.4. The molecule has 0 aromatic heterocycles. The molecule has 0 aliphatic carbocycles. The molecular formula is C22H24ClN3O2S. The largest absolute Gasteiger partial charge is 0.326 e. The molecule has 1 aliphatic heterocycles. The molecule has 0 bridgehead atoms. The average Bonchev–Trinajstić information content (AvgIpc) is 2.91. The van der Waals surface area contributed by atoms with E-state index in [0.717, 1.165) is 22.4 Å². The van der Waals surface area contributed by atoms with E-state index in [4.69, 9.17) is 11.6 Å². The minimum absolute atomic E-state index is 0.0926. The number of carbonyl (C=O) groups is 2. The van der Waals surface area contributed by atoms with Crippen LogP contribution < -0.4 is 5.32 Å². The zero-order valence-electron chi connectivity index (χ0n) is 17.0. The lowest BCUT2D eigenvalue weighted by Crippen LogP contribution is -2.33. The number of nitrogens with one attached hydrogen (secondary N) is 1. The Morgan fingerprint density at radius 2 is 1.86 bits per heavy atom. The van der Waals surface area contributed by atoms with Gasteiger partial charge in [-0.25, -0.2) is 4.99 Å². The minimum Gasteiger partial charge on any atom is -0.326 e. The molecule has 1 fully saturated rings. The van der Waals surface area contributed by atoms with Crippen molar-refractivity contribution in [1.82, 2.24) is 4.90 Å². The smallest absolute Gasteiger partial charge is 0.242 e. The van der Waals surface area contributed by atoms with Crippen molar-refractivity contribution in [1.29, 1.82) is 0 Å². The molecular weight excluding hydrogens is 406 g/mol. The lowest BCUT2D eigenvalue weighted by atomic mass is 10.1. The summed E-state index contributed by atoms with van der Waals surface area (Å²) in [5, 5.41) is 3.65. The van der Waals surface area contributed by atoms with Crippen molar-refractivity contribution in [2.75, 3.05) is 11.9 Å². The number of halogens is 1. The second kappa shape index (κ2) is 9.01. The molecule has 2 aromatic rings. The Kier molecular flexibility index (Phi) is 6.65. The Morgan fingerprint density at radius 3 is 2.48 bits per heavy atom. The van der Waals surface area contributed by atoms with E-state index in [-0.39, 0.29) is 18.2 Å². The zero-order chi connectivity index (χ0) is 21.1. The quantitative estimate of drug-likeness (QED) is 0.706. The first kappa shape index (κ1) is 21.4. The summed E-state index contributed by atoms with van der Waals surface area (Å²) in [5.41, 5.74) is 4.57. The Labute approximate surface area is 180 Å². The van der Waals surface area contributed by atoms with Gasteiger partial charge in [0.1, 0.15) is 5.25 Å². The Bertz CT molecular complexity index is 970. The van der Waals surface area contributed by atoms with Crippen molar-refractivity contribution in [3.63, 3.8) is 0 Å². The molecule has 7 heteroatoms. The highest BCUT2D eigenvalue weighted by Crippen LogP contribution is 2.32. The molecule has 1 aliphatic rings. The summed E-state index contributed by atoms with van der Waals surface area (Å²) in [6.07, 6.45) is 0.0979. The number of aliphatic imine (C=N–C) groups is 1. The number of carbonyl (C=O) groups excluding carboxylic acids is 2. The van der Waals surface area contributed by atoms with Gasteiger partial charge < -0.3 is 5.32 Å². The van der Waals surface area contributed by atoms with Gasteiger partial charge in [-0.2, -0.15) is 0 Å². The van der Waals surface area contributed by atoms with Crippen LogP contribution in [0.4, 0.5) is 11.4 Å². The third-order valence-electron chi connectivity index (χ3n) is 4.59. The standard InChI is InChI=1S/C22H24ClN3O2S/c1-5-26-21(28)19(12-20(27)24-17-9-13(2)8-14(3)10-17)29-22(26)25-16-7-6-15(4)18(23)11-16/h6-11,19H,5,12H2,1-4H3,(H,24,27). The molecule has 2 amide bonds. The van der Waals surface area contributed by atoms with Gasteiger partial charge in [-0.1, -0.05) is 35.5 Å². The number of thioether (sulfide) groups is 1. The topological polar surface area (TPSA) is 61.8 Å². The molecule has 1 unspecified atom stereocenters. The number of hydrogen-bond donors (Lipinski definition) is 1. The molecule has 1 N–H and O–H groups in total. The normalized spacial score (nSPS) is 17.8. The van der Waals surface area contributed by atoms with Crippen LogP contribution in [0.2, 0.25) is 5.02 Å². The number of rotatable bonds is 5. The maximum Gasteiger partial charge on any atom is 0.242 e. The molecule has 1 heterocycles. The zero-order valence-corrected chi connectivity index (χ0v) is 18.5. The van der Waals surface area contributed by atoms with Gasteiger partial charge in [0.05, 0.1) is 5.69 Å². The second-order valence-electron chi connectivity index (χ2n) is 7.15. The molecule has 2 aromatic carbocycles. The maximum absolute atomic E-state index is 12.8. The van der Waals surface area contributed by atoms with Crippen LogP contribution in [0.15, 0.2) is 41.4 Å². The van der Waals surface area contributed by atoms with Crippen LogP contribution >= 0.6 is 23.4 Å². The van der Waals surface area contributed by atoms with Crippen molar-refractivity contribution in [2.24, 2.45) is 4.99 Å². The fraction of sp³-hybridized carbons (Fsp3) is 0.318. The monoisotopic (exact) mass is 429 g/mol. The molecule has 1 saturated heterocycles. The van der Waals surface area contributed by atoms with E-state index in [9.17, 15) is 9.59 Å². The number of hydrogen-bond acceptors (Lipinski definition) is 4. The van der Waals surface area contributed by atoms with E-state index in [0.29, 0.717) is 22.4 Å². The van der Waals surface area contributed by atoms with E-state index in [1.54, 1.807) is 11.0 Å². The predicted molar refractivity (Wildman–Crippen MR) is 121 cm³/mol. The summed E-state index contributed by atoms with van der Waals surface area (Å²) in [7, 11) is 0. The first-order valence-corrected chi connectivity index (χ1v) is 10.7. The maximum atomic E-state index is 12.8. The van der Waals surface area contributed by atoms with Gasteiger partial charge in [0.2, 0.25) is 11.8 Å². The number of benzene rings is 2. The van der Waals surface area contributed by atoms with E-state index in [1.165, 1.54) is 11.8 Å². The van der Waals surface area contributed by atoms with Gasteiger partial charge in [0.15, 0.2) is 5.17 Å². The first-order valence-electron chi connectivity index (χ1n) is 9.48. The average molecular weight is 430 g/mol. The van der Waals surface area contributed by atoms with Crippen LogP contribution in [0.25, 0.3) is 0 Å². The number of nitrogens with zero attached hydrogens (tertiary/aromatic N) is 2. The van der Waals surface area contributed by atoms with Crippen LogP contribution in [-0.4, -0.2) is 33.7 Å². The van der Waals surface area contributed by atoms with E-state index >= 15 is 0 Å². The highest BCUT2D eigenvalue weighted by atomic mass is 35.5. The fourth-order valence-electron chi connectivity index (χ4n) is 3.21. The Morgan fingerprint density at radius 1 is 1.17 bits per heavy atom. The van der Waals surface area contributed by atoms with Crippen molar-refractivity contribution >= 4 is 51.7 Å². The van der Waals surface area contributed by atoms with E-state index in [1.807, 2.05) is 58.0 Å². The van der Waals surface area contributed by atoms with Gasteiger partial charge in [0.25, 0.3) is 0 Å². The van der Waals surface area contributed by atoms with Crippen LogP contribution in [0.1, 0.15) is 30.0 Å². The molecule has 29 heavy (non-hydrogen) atoms.